The van der Waals surface area contributed by atoms with E-state index < -0.39 is 0 Å². The smallest absolute Gasteiger partial charge is 0.255 e. The third kappa shape index (κ3) is 4.98. The van der Waals surface area contributed by atoms with Crippen molar-refractivity contribution in [2.24, 2.45) is 0 Å². The summed E-state index contributed by atoms with van der Waals surface area (Å²) in [6, 6.07) is 19.4. The molecular weight excluding hydrogens is 430 g/mol. The molecule has 3 rings (SSSR count). The molecule has 0 aliphatic heterocycles. The lowest BCUT2D eigenvalue weighted by Crippen LogP contribution is -2.15. The molecule has 29 heavy (non-hydrogen) atoms. The molecule has 5 heteroatoms. The van der Waals surface area contributed by atoms with E-state index >= 15 is 0 Å². The number of anilines is 1. The highest BCUT2D eigenvalue weighted by Gasteiger charge is 2.17. The second kappa shape index (κ2) is 9.61. The summed E-state index contributed by atoms with van der Waals surface area (Å²) in [7, 11) is 1.56. The van der Waals surface area contributed by atoms with Crippen LogP contribution < -0.4 is 14.8 Å². The van der Waals surface area contributed by atoms with Crippen molar-refractivity contribution in [1.82, 2.24) is 0 Å². The van der Waals surface area contributed by atoms with Gasteiger partial charge in [0.05, 0.1) is 11.6 Å². The second-order valence-electron chi connectivity index (χ2n) is 6.68. The molecule has 3 aromatic carbocycles. The van der Waals surface area contributed by atoms with Crippen molar-refractivity contribution >= 4 is 27.5 Å². The standard InChI is InChI=1S/C24H24BrNO3/c1-4-18-12-8-9-16(2)22(18)26-24(27)19-13-20(25)23(21(14-19)28-3)29-15-17-10-6-5-7-11-17/h5-14H,4,15H2,1-3H3,(H,26,27). The van der Waals surface area contributed by atoms with Crippen molar-refractivity contribution in [3.8, 4) is 11.5 Å². The van der Waals surface area contributed by atoms with Crippen LogP contribution in [0, 0.1) is 6.92 Å². The summed E-state index contributed by atoms with van der Waals surface area (Å²) < 4.78 is 12.1. The quantitative estimate of drug-likeness (QED) is 0.465. The molecule has 1 amide bonds. The van der Waals surface area contributed by atoms with Gasteiger partial charge in [0.2, 0.25) is 0 Å². The number of hydrogen-bond acceptors (Lipinski definition) is 3. The molecule has 0 fully saturated rings. The van der Waals surface area contributed by atoms with Gasteiger partial charge in [0.25, 0.3) is 5.91 Å². The van der Waals surface area contributed by atoms with E-state index in [0.717, 1.165) is 28.8 Å². The van der Waals surface area contributed by atoms with Crippen LogP contribution in [0.1, 0.15) is 34.0 Å². The average molecular weight is 454 g/mol. The van der Waals surface area contributed by atoms with Crippen LogP contribution in [0.2, 0.25) is 0 Å². The Hall–Kier alpha value is -2.79. The van der Waals surface area contributed by atoms with Gasteiger partial charge < -0.3 is 14.8 Å². The van der Waals surface area contributed by atoms with Crippen LogP contribution in [0.15, 0.2) is 65.1 Å². The first kappa shape index (κ1) is 20.9. The maximum absolute atomic E-state index is 12.9. The summed E-state index contributed by atoms with van der Waals surface area (Å²) in [4.78, 5) is 12.9. The van der Waals surface area contributed by atoms with Gasteiger partial charge >= 0.3 is 0 Å². The molecule has 0 bridgehead atoms. The lowest BCUT2D eigenvalue weighted by molar-refractivity contribution is 0.102. The van der Waals surface area contributed by atoms with Crippen LogP contribution in [0.3, 0.4) is 0 Å². The fourth-order valence-electron chi connectivity index (χ4n) is 3.11. The number of ether oxygens (including phenoxy) is 2. The van der Waals surface area contributed by atoms with E-state index in [1.807, 2.05) is 55.5 Å². The van der Waals surface area contributed by atoms with Gasteiger partial charge in [-0.05, 0) is 58.1 Å². The number of rotatable bonds is 7. The monoisotopic (exact) mass is 453 g/mol. The fraction of sp³-hybridized carbons (Fsp3) is 0.208. The van der Waals surface area contributed by atoms with Gasteiger partial charge in [0.15, 0.2) is 11.5 Å². The topological polar surface area (TPSA) is 47.6 Å². The lowest BCUT2D eigenvalue weighted by Gasteiger charge is -2.16. The summed E-state index contributed by atoms with van der Waals surface area (Å²) in [5, 5.41) is 3.05. The van der Waals surface area contributed by atoms with Crippen molar-refractivity contribution in [1.29, 1.82) is 0 Å². The molecular formula is C24H24BrNO3. The van der Waals surface area contributed by atoms with Crippen LogP contribution in [0.5, 0.6) is 11.5 Å². The Labute approximate surface area is 180 Å². The average Bonchev–Trinajstić information content (AvgIpc) is 2.74. The number of amides is 1. The highest BCUT2D eigenvalue weighted by atomic mass is 79.9. The van der Waals surface area contributed by atoms with Gasteiger partial charge in [0, 0.05) is 11.3 Å². The maximum Gasteiger partial charge on any atom is 0.255 e. The minimum absolute atomic E-state index is 0.192. The van der Waals surface area contributed by atoms with Crippen molar-refractivity contribution in [2.45, 2.75) is 26.9 Å². The van der Waals surface area contributed by atoms with Gasteiger partial charge in [-0.25, -0.2) is 0 Å². The largest absolute Gasteiger partial charge is 0.493 e. The highest BCUT2D eigenvalue weighted by Crippen LogP contribution is 2.37. The van der Waals surface area contributed by atoms with Gasteiger partial charge in [-0.3, -0.25) is 4.79 Å². The number of carbonyl (C=O) groups is 1. The van der Waals surface area contributed by atoms with E-state index in [4.69, 9.17) is 9.47 Å². The molecule has 0 radical (unpaired) electrons. The zero-order valence-electron chi connectivity index (χ0n) is 16.8. The molecule has 3 aromatic rings. The highest BCUT2D eigenvalue weighted by molar-refractivity contribution is 9.10. The lowest BCUT2D eigenvalue weighted by atomic mass is 10.1. The molecule has 4 nitrogen and oxygen atoms in total. The number of benzene rings is 3. The van der Waals surface area contributed by atoms with Crippen LogP contribution in [0.4, 0.5) is 5.69 Å². The molecule has 0 atom stereocenters. The Kier molecular flexibility index (Phi) is 6.94. The Bertz CT molecular complexity index is 1000. The molecule has 0 heterocycles. The van der Waals surface area contributed by atoms with E-state index in [2.05, 4.69) is 28.2 Å². The van der Waals surface area contributed by atoms with E-state index in [1.54, 1.807) is 19.2 Å². The van der Waals surface area contributed by atoms with E-state index in [9.17, 15) is 4.79 Å². The number of aryl methyl sites for hydroxylation is 2. The van der Waals surface area contributed by atoms with Crippen LogP contribution in [0.25, 0.3) is 0 Å². The van der Waals surface area contributed by atoms with Crippen LogP contribution >= 0.6 is 15.9 Å². The number of halogens is 1. The van der Waals surface area contributed by atoms with Gasteiger partial charge in [-0.15, -0.1) is 0 Å². The third-order valence-electron chi connectivity index (χ3n) is 4.70. The Balaban J connectivity index is 1.84. The van der Waals surface area contributed by atoms with Crippen molar-refractivity contribution in [2.75, 3.05) is 12.4 Å². The number of hydrogen-bond donors (Lipinski definition) is 1. The first-order valence-electron chi connectivity index (χ1n) is 9.47. The fourth-order valence-corrected chi connectivity index (χ4v) is 3.66. The van der Waals surface area contributed by atoms with Gasteiger partial charge in [0.1, 0.15) is 6.61 Å². The van der Waals surface area contributed by atoms with E-state index in [0.29, 0.717) is 28.1 Å². The van der Waals surface area contributed by atoms with Crippen LogP contribution in [-0.2, 0) is 13.0 Å². The predicted molar refractivity (Wildman–Crippen MR) is 120 cm³/mol. The molecule has 150 valence electrons. The predicted octanol–water partition coefficient (Wildman–Crippen LogP) is 6.16. The Morgan fingerprint density at radius 3 is 2.52 bits per heavy atom. The Morgan fingerprint density at radius 1 is 1.07 bits per heavy atom. The third-order valence-corrected chi connectivity index (χ3v) is 5.29. The first-order chi connectivity index (χ1) is 14.0. The molecule has 0 aromatic heterocycles. The number of nitrogens with one attached hydrogen (secondary N) is 1. The van der Waals surface area contributed by atoms with E-state index in [1.165, 1.54) is 0 Å². The first-order valence-corrected chi connectivity index (χ1v) is 10.3. The zero-order chi connectivity index (χ0) is 20.8. The molecule has 0 unspecified atom stereocenters. The summed E-state index contributed by atoms with van der Waals surface area (Å²) >= 11 is 3.52. The van der Waals surface area contributed by atoms with E-state index in [-0.39, 0.29) is 5.91 Å². The Morgan fingerprint density at radius 2 is 1.83 bits per heavy atom. The molecule has 0 aliphatic carbocycles. The molecule has 0 spiro atoms. The molecule has 1 N–H and O–H groups in total. The van der Waals surface area contributed by atoms with Gasteiger partial charge in [-0.1, -0.05) is 55.5 Å². The number of para-hydroxylation sites is 1. The summed E-state index contributed by atoms with van der Waals surface area (Å²) in [5.74, 6) is 0.876. The number of carbonyl (C=O) groups excluding carboxylic acids is 1. The number of methoxy groups -OCH3 is 1. The summed E-state index contributed by atoms with van der Waals surface area (Å²) in [5.41, 5.74) is 4.54. The van der Waals surface area contributed by atoms with Crippen molar-refractivity contribution in [3.05, 3.63) is 87.4 Å². The van der Waals surface area contributed by atoms with Crippen LogP contribution in [-0.4, -0.2) is 13.0 Å². The minimum atomic E-state index is -0.192. The van der Waals surface area contributed by atoms with Crippen molar-refractivity contribution < 1.29 is 14.3 Å². The second-order valence-corrected chi connectivity index (χ2v) is 7.53. The normalized spacial score (nSPS) is 10.5. The SMILES string of the molecule is CCc1cccc(C)c1NC(=O)c1cc(Br)c(OCc2ccccc2)c(OC)c1. The summed E-state index contributed by atoms with van der Waals surface area (Å²) in [6.07, 6.45) is 0.844. The zero-order valence-corrected chi connectivity index (χ0v) is 18.4. The maximum atomic E-state index is 12.9. The minimum Gasteiger partial charge on any atom is -0.493 e. The summed E-state index contributed by atoms with van der Waals surface area (Å²) in [6.45, 7) is 4.47. The van der Waals surface area contributed by atoms with Crippen molar-refractivity contribution in [3.63, 3.8) is 0 Å². The molecule has 0 saturated carbocycles. The van der Waals surface area contributed by atoms with Gasteiger partial charge in [-0.2, -0.15) is 0 Å². The molecule has 0 aliphatic rings. The molecule has 0 saturated heterocycles.